The lowest BCUT2D eigenvalue weighted by molar-refractivity contribution is -0.149. The Morgan fingerprint density at radius 1 is 1.23 bits per heavy atom. The number of hydrogen-bond acceptors (Lipinski definition) is 6. The Morgan fingerprint density at radius 2 is 1.88 bits per heavy atom. The number of likely N-dealkylation sites (tertiary alicyclic amines) is 1. The van der Waals surface area contributed by atoms with E-state index in [-0.39, 0.29) is 45.1 Å². The molecule has 6 atom stereocenters. The molecule has 1 aromatic heterocycles. The van der Waals surface area contributed by atoms with Crippen molar-refractivity contribution >= 4 is 40.9 Å². The number of nitrogens with one attached hydrogen (secondary N) is 1. The minimum atomic E-state index is -1.16. The Balaban J connectivity index is 1.57. The number of hydrogen-bond donors (Lipinski definition) is 2. The van der Waals surface area contributed by atoms with Gasteiger partial charge in [0.25, 0.3) is 0 Å². The van der Waals surface area contributed by atoms with E-state index in [1.54, 1.807) is 11.8 Å². The summed E-state index contributed by atoms with van der Waals surface area (Å²) in [6.07, 6.45) is 0.832. The van der Waals surface area contributed by atoms with Gasteiger partial charge in [0, 0.05) is 15.5 Å². The van der Waals surface area contributed by atoms with Crippen molar-refractivity contribution in [2.24, 2.45) is 29.6 Å². The fourth-order valence-electron chi connectivity index (χ4n) is 6.01. The van der Waals surface area contributed by atoms with E-state index >= 15 is 0 Å². The fraction of sp³-hybridized carbons (Fsp3) is 0.647. The van der Waals surface area contributed by atoms with Crippen molar-refractivity contribution in [1.29, 1.82) is 0 Å². The van der Waals surface area contributed by atoms with Gasteiger partial charge in [0.1, 0.15) is 6.54 Å². The molecule has 5 rings (SSSR count). The van der Waals surface area contributed by atoms with E-state index in [1.807, 2.05) is 0 Å². The van der Waals surface area contributed by atoms with E-state index in [0.717, 1.165) is 21.2 Å². The van der Waals surface area contributed by atoms with Crippen LogP contribution in [0.5, 0.6) is 0 Å². The molecule has 0 aromatic carbocycles. The van der Waals surface area contributed by atoms with Gasteiger partial charge >= 0.3 is 10.8 Å². The molecular weight excluding hydrogens is 376 g/mol. The summed E-state index contributed by atoms with van der Waals surface area (Å²) in [6, 6.07) is 0. The van der Waals surface area contributed by atoms with Crippen LogP contribution < -0.4 is 4.87 Å². The summed E-state index contributed by atoms with van der Waals surface area (Å²) in [5, 5.41) is 10.1. The van der Waals surface area contributed by atoms with Gasteiger partial charge in [-0.25, -0.2) is 0 Å². The largest absolute Gasteiger partial charge is 0.480 e. The van der Waals surface area contributed by atoms with Gasteiger partial charge in [-0.3, -0.25) is 24.1 Å². The standard InChI is InChI=1S/C17H18N2O5S2/c1-17(2)10-5-3-6(11(10)25-13-12(17)26-16(24)18-13)9-8(5)14(22)19(15(9)23)4-7(20)21/h5-6,8-11H,3-4H2,1-2H3,(H,18,24)(H,20,21)/t5-,6-,8-,9-,10-,11+/m1/s1. The third kappa shape index (κ3) is 1.85. The molecule has 26 heavy (non-hydrogen) atoms. The van der Waals surface area contributed by atoms with Crippen molar-refractivity contribution in [3.63, 3.8) is 0 Å². The molecular formula is C17H18N2O5S2. The Labute approximate surface area is 157 Å². The highest BCUT2D eigenvalue weighted by atomic mass is 32.2. The molecule has 0 radical (unpaired) electrons. The summed E-state index contributed by atoms with van der Waals surface area (Å²) >= 11 is 2.87. The second-order valence-electron chi connectivity index (χ2n) is 8.27. The quantitative estimate of drug-likeness (QED) is 0.729. The highest BCUT2D eigenvalue weighted by Gasteiger charge is 2.70. The summed E-state index contributed by atoms with van der Waals surface area (Å²) in [4.78, 5) is 53.4. The number of carboxylic acids is 1. The minimum absolute atomic E-state index is 0.0612. The van der Waals surface area contributed by atoms with Gasteiger partial charge in [-0.05, 0) is 24.2 Å². The zero-order valence-electron chi connectivity index (χ0n) is 14.2. The summed E-state index contributed by atoms with van der Waals surface area (Å²) in [5.74, 6) is -2.26. The number of carboxylic acid groups (broad SMARTS) is 1. The smallest absolute Gasteiger partial charge is 0.323 e. The molecule has 2 aliphatic heterocycles. The van der Waals surface area contributed by atoms with Crippen LogP contribution in [0.15, 0.2) is 9.82 Å². The number of carbonyl (C=O) groups is 3. The van der Waals surface area contributed by atoms with Gasteiger partial charge in [0.2, 0.25) is 11.8 Å². The molecule has 3 heterocycles. The maximum atomic E-state index is 12.8. The van der Waals surface area contributed by atoms with Crippen molar-refractivity contribution < 1.29 is 19.5 Å². The first-order valence-electron chi connectivity index (χ1n) is 8.69. The van der Waals surface area contributed by atoms with Crippen molar-refractivity contribution in [3.05, 3.63) is 14.5 Å². The third-order valence-corrected chi connectivity index (χ3v) is 9.58. The van der Waals surface area contributed by atoms with Crippen LogP contribution in [0.2, 0.25) is 0 Å². The highest BCUT2D eigenvalue weighted by molar-refractivity contribution is 8.00. The molecule has 138 valence electrons. The Bertz CT molecular complexity index is 918. The lowest BCUT2D eigenvalue weighted by Gasteiger charge is -2.47. The fourth-order valence-corrected chi connectivity index (χ4v) is 9.16. The average molecular weight is 394 g/mol. The number of carbonyl (C=O) groups excluding carboxylic acids is 2. The number of aliphatic carboxylic acids is 1. The second kappa shape index (κ2) is 5.01. The van der Waals surface area contributed by atoms with Crippen molar-refractivity contribution in [3.8, 4) is 0 Å². The predicted molar refractivity (Wildman–Crippen MR) is 94.0 cm³/mol. The number of amides is 2. The van der Waals surface area contributed by atoms with E-state index in [2.05, 4.69) is 18.8 Å². The first kappa shape index (κ1) is 16.6. The minimum Gasteiger partial charge on any atom is -0.480 e. The maximum absolute atomic E-state index is 12.8. The first-order chi connectivity index (χ1) is 12.2. The summed E-state index contributed by atoms with van der Waals surface area (Å²) in [5.41, 5.74) is -0.247. The van der Waals surface area contributed by atoms with Crippen molar-refractivity contribution in [1.82, 2.24) is 9.88 Å². The number of thioether (sulfide) groups is 1. The number of aromatic amines is 1. The zero-order valence-corrected chi connectivity index (χ0v) is 15.9. The van der Waals surface area contributed by atoms with Crippen LogP contribution in [-0.4, -0.2) is 44.6 Å². The molecule has 2 bridgehead atoms. The molecule has 7 nitrogen and oxygen atoms in total. The van der Waals surface area contributed by atoms with Crippen LogP contribution in [0.25, 0.3) is 0 Å². The van der Waals surface area contributed by atoms with Crippen LogP contribution in [0.3, 0.4) is 0 Å². The van der Waals surface area contributed by atoms with Crippen LogP contribution >= 0.6 is 23.1 Å². The predicted octanol–water partition coefficient (Wildman–Crippen LogP) is 1.14. The number of aromatic nitrogens is 1. The molecule has 2 aliphatic carbocycles. The maximum Gasteiger partial charge on any atom is 0.323 e. The lowest BCUT2D eigenvalue weighted by Crippen LogP contribution is -2.48. The van der Waals surface area contributed by atoms with Gasteiger partial charge in [-0.15, -0.1) is 11.8 Å². The monoisotopic (exact) mass is 394 g/mol. The van der Waals surface area contributed by atoms with Gasteiger partial charge < -0.3 is 10.1 Å². The van der Waals surface area contributed by atoms with Crippen molar-refractivity contribution in [2.75, 3.05) is 6.54 Å². The normalized spacial score (nSPS) is 39.1. The van der Waals surface area contributed by atoms with E-state index in [0.29, 0.717) is 0 Å². The van der Waals surface area contributed by atoms with Gasteiger partial charge in [0.05, 0.1) is 16.9 Å². The molecule has 4 aliphatic rings. The Morgan fingerprint density at radius 3 is 2.54 bits per heavy atom. The topological polar surface area (TPSA) is 108 Å². The molecule has 2 N–H and O–H groups in total. The van der Waals surface area contributed by atoms with Gasteiger partial charge in [-0.2, -0.15) is 0 Å². The summed E-state index contributed by atoms with van der Waals surface area (Å²) in [7, 11) is 0. The molecule has 0 unspecified atom stereocenters. The Kier molecular flexibility index (Phi) is 3.19. The van der Waals surface area contributed by atoms with Crippen LogP contribution in [0, 0.1) is 29.6 Å². The number of H-pyrrole nitrogens is 1. The first-order valence-corrected chi connectivity index (χ1v) is 10.4. The molecule has 1 aromatic rings. The SMILES string of the molecule is CC1(C)c2sc(=O)[nH]c2S[C@H]2[C@@H]3C[C@H]([C@H]4C(=O)N(CC(=O)O)C(=O)[C@H]34)[C@H]21. The molecule has 2 saturated carbocycles. The lowest BCUT2D eigenvalue weighted by atomic mass is 9.64. The molecule has 2 amide bonds. The van der Waals surface area contributed by atoms with E-state index in [1.165, 1.54) is 11.3 Å². The van der Waals surface area contributed by atoms with E-state index in [4.69, 9.17) is 5.11 Å². The van der Waals surface area contributed by atoms with Crippen LogP contribution in [-0.2, 0) is 19.8 Å². The third-order valence-electron chi connectivity index (χ3n) is 6.78. The molecule has 9 heteroatoms. The van der Waals surface area contributed by atoms with E-state index < -0.39 is 24.3 Å². The number of rotatable bonds is 2. The average Bonchev–Trinajstić information content (AvgIpc) is 3.25. The zero-order chi connectivity index (χ0) is 18.5. The number of thiazole rings is 1. The summed E-state index contributed by atoms with van der Waals surface area (Å²) in [6.45, 7) is 3.70. The number of nitrogens with zero attached hydrogens (tertiary/aromatic N) is 1. The summed E-state index contributed by atoms with van der Waals surface area (Å²) < 4.78 is 0. The second-order valence-corrected chi connectivity index (χ2v) is 10.4. The van der Waals surface area contributed by atoms with Crippen LogP contribution in [0.1, 0.15) is 25.1 Å². The van der Waals surface area contributed by atoms with Gasteiger partial charge in [-0.1, -0.05) is 25.2 Å². The molecule has 0 spiro atoms. The van der Waals surface area contributed by atoms with Crippen molar-refractivity contribution in [2.45, 2.75) is 36.0 Å². The highest BCUT2D eigenvalue weighted by Crippen LogP contribution is 2.68. The van der Waals surface area contributed by atoms with Crippen LogP contribution in [0.4, 0.5) is 0 Å². The molecule has 3 fully saturated rings. The Hall–Kier alpha value is -1.61. The number of fused-ring (bicyclic) bond motifs is 9. The van der Waals surface area contributed by atoms with Gasteiger partial charge in [0.15, 0.2) is 0 Å². The molecule has 1 saturated heterocycles. The number of imide groups is 1. The van der Waals surface area contributed by atoms with E-state index in [9.17, 15) is 19.2 Å².